The number of aliphatic carboxylic acids is 1. The number of hydrogen-bond donors (Lipinski definition) is 1. The van der Waals surface area contributed by atoms with E-state index in [2.05, 4.69) is 4.99 Å². The van der Waals surface area contributed by atoms with Crippen LogP contribution in [0.15, 0.2) is 23.2 Å². The van der Waals surface area contributed by atoms with Crippen molar-refractivity contribution >= 4 is 55.9 Å². The van der Waals surface area contributed by atoms with Crippen LogP contribution in [0, 0.1) is 0 Å². The van der Waals surface area contributed by atoms with Gasteiger partial charge in [0.15, 0.2) is 15.0 Å². The lowest BCUT2D eigenvalue weighted by Crippen LogP contribution is -2.38. The van der Waals surface area contributed by atoms with Gasteiger partial charge in [0, 0.05) is 23.1 Å². The van der Waals surface area contributed by atoms with Crippen LogP contribution in [-0.2, 0) is 19.4 Å². The molecule has 8 nitrogen and oxygen atoms in total. The van der Waals surface area contributed by atoms with Crippen LogP contribution in [0.2, 0.25) is 5.02 Å². The maximum Gasteiger partial charge on any atom is 0.303 e. The van der Waals surface area contributed by atoms with Crippen LogP contribution in [0.4, 0.5) is 5.69 Å². The van der Waals surface area contributed by atoms with E-state index in [1.165, 1.54) is 18.9 Å². The number of carboxylic acid groups (broad SMARTS) is 1. The molecular formula is C17H19ClN2O6S2. The topological polar surface area (TPSA) is 113 Å². The summed E-state index contributed by atoms with van der Waals surface area (Å²) in [6.07, 6.45) is 0.0842. The van der Waals surface area contributed by atoms with Gasteiger partial charge in [-0.25, -0.2) is 8.42 Å². The number of amides is 1. The smallest absolute Gasteiger partial charge is 0.303 e. The van der Waals surface area contributed by atoms with Gasteiger partial charge in [-0.15, -0.1) is 0 Å². The minimum Gasteiger partial charge on any atom is -0.495 e. The molecule has 28 heavy (non-hydrogen) atoms. The highest BCUT2D eigenvalue weighted by molar-refractivity contribution is 8.16. The standard InChI is InChI=1S/C17H19ClN2O6S2/c1-26-13-6-5-10(18)7-11(13)20-12-8-28(24,25)9-14(12)27-17(20)19-15(21)3-2-4-16(22)23/h5-7,12,14H,2-4,8-9H2,1H3,(H,22,23)/t12-,14-/m1/s1. The minimum absolute atomic E-state index is 0.00448. The zero-order chi connectivity index (χ0) is 20.5. The summed E-state index contributed by atoms with van der Waals surface area (Å²) in [4.78, 5) is 28.7. The van der Waals surface area contributed by atoms with Gasteiger partial charge in [-0.05, 0) is 24.6 Å². The van der Waals surface area contributed by atoms with Crippen molar-refractivity contribution in [2.75, 3.05) is 23.5 Å². The van der Waals surface area contributed by atoms with Crippen molar-refractivity contribution in [2.24, 2.45) is 4.99 Å². The molecule has 2 aliphatic rings. The summed E-state index contributed by atoms with van der Waals surface area (Å²) in [5.74, 6) is -0.972. The Balaban J connectivity index is 1.94. The number of carbonyl (C=O) groups excluding carboxylic acids is 1. The number of nitrogens with zero attached hydrogens (tertiary/aromatic N) is 2. The number of fused-ring (bicyclic) bond motifs is 1. The zero-order valence-electron chi connectivity index (χ0n) is 15.0. The van der Waals surface area contributed by atoms with E-state index >= 15 is 0 Å². The lowest BCUT2D eigenvalue weighted by Gasteiger charge is -2.26. The van der Waals surface area contributed by atoms with Crippen molar-refractivity contribution in [2.45, 2.75) is 30.6 Å². The Morgan fingerprint density at radius 2 is 2.11 bits per heavy atom. The third-order valence-electron chi connectivity index (χ3n) is 4.47. The Morgan fingerprint density at radius 3 is 2.79 bits per heavy atom. The Morgan fingerprint density at radius 1 is 1.36 bits per heavy atom. The molecule has 0 aromatic heterocycles. The molecule has 3 rings (SSSR count). The van der Waals surface area contributed by atoms with E-state index in [1.807, 2.05) is 0 Å². The molecule has 11 heteroatoms. The molecule has 1 aromatic carbocycles. The fourth-order valence-electron chi connectivity index (χ4n) is 3.25. The Hall–Kier alpha value is -1.78. The Kier molecular flexibility index (Phi) is 6.21. The van der Waals surface area contributed by atoms with Crippen LogP contribution in [0.1, 0.15) is 19.3 Å². The van der Waals surface area contributed by atoms with Gasteiger partial charge in [0.25, 0.3) is 0 Å². The summed E-state index contributed by atoms with van der Waals surface area (Å²) in [5.41, 5.74) is 0.546. The van der Waals surface area contributed by atoms with Crippen molar-refractivity contribution < 1.29 is 27.9 Å². The average molecular weight is 447 g/mol. The molecule has 0 saturated carbocycles. The van der Waals surface area contributed by atoms with E-state index in [1.54, 1.807) is 23.1 Å². The number of aliphatic imine (C=N–C) groups is 1. The van der Waals surface area contributed by atoms with E-state index in [4.69, 9.17) is 21.4 Å². The highest BCUT2D eigenvalue weighted by Gasteiger charge is 2.50. The van der Waals surface area contributed by atoms with Crippen molar-refractivity contribution in [3.8, 4) is 5.75 Å². The number of amidine groups is 1. The van der Waals surface area contributed by atoms with Crippen molar-refractivity contribution in [1.29, 1.82) is 0 Å². The van der Waals surface area contributed by atoms with E-state index in [9.17, 15) is 18.0 Å². The quantitative estimate of drug-likeness (QED) is 0.707. The Labute approximate surface area is 171 Å². The molecule has 0 bridgehead atoms. The van der Waals surface area contributed by atoms with Gasteiger partial charge >= 0.3 is 5.97 Å². The van der Waals surface area contributed by atoms with Crippen molar-refractivity contribution in [3.05, 3.63) is 23.2 Å². The van der Waals surface area contributed by atoms with Crippen LogP contribution in [-0.4, -0.2) is 60.5 Å². The number of rotatable bonds is 6. The van der Waals surface area contributed by atoms with Crippen LogP contribution < -0.4 is 9.64 Å². The molecule has 0 spiro atoms. The highest BCUT2D eigenvalue weighted by Crippen LogP contribution is 2.44. The molecule has 0 radical (unpaired) electrons. The second-order valence-electron chi connectivity index (χ2n) is 6.52. The molecule has 152 valence electrons. The van der Waals surface area contributed by atoms with Crippen molar-refractivity contribution in [3.63, 3.8) is 0 Å². The average Bonchev–Trinajstić information content (AvgIpc) is 3.05. The fraction of sp³-hybridized carbons (Fsp3) is 0.471. The van der Waals surface area contributed by atoms with Gasteiger partial charge in [0.1, 0.15) is 5.75 Å². The predicted octanol–water partition coefficient (Wildman–Crippen LogP) is 2.20. The van der Waals surface area contributed by atoms with E-state index in [-0.39, 0.29) is 42.1 Å². The van der Waals surface area contributed by atoms with Gasteiger partial charge in [-0.2, -0.15) is 4.99 Å². The molecular weight excluding hydrogens is 428 g/mol. The maximum absolute atomic E-state index is 12.2. The number of thioether (sulfide) groups is 1. The molecule has 0 aliphatic carbocycles. The first kappa shape index (κ1) is 20.9. The van der Waals surface area contributed by atoms with Gasteiger partial charge in [0.2, 0.25) is 5.91 Å². The molecule has 2 atom stereocenters. The lowest BCUT2D eigenvalue weighted by molar-refractivity contribution is -0.137. The highest BCUT2D eigenvalue weighted by atomic mass is 35.5. The summed E-state index contributed by atoms with van der Waals surface area (Å²) in [6, 6.07) is 4.60. The first-order valence-corrected chi connectivity index (χ1v) is 11.6. The van der Waals surface area contributed by atoms with E-state index in [0.29, 0.717) is 21.6 Å². The summed E-state index contributed by atoms with van der Waals surface area (Å²) in [7, 11) is -1.70. The number of halogens is 1. The van der Waals surface area contributed by atoms with Crippen LogP contribution in [0.5, 0.6) is 5.75 Å². The predicted molar refractivity (Wildman–Crippen MR) is 108 cm³/mol. The Bertz CT molecular complexity index is 934. The normalized spacial score (nSPS) is 24.4. The number of hydrogen-bond acceptors (Lipinski definition) is 6. The number of methoxy groups -OCH3 is 1. The summed E-state index contributed by atoms with van der Waals surface area (Å²) in [6.45, 7) is 0. The van der Waals surface area contributed by atoms with Crippen LogP contribution in [0.3, 0.4) is 0 Å². The number of ether oxygens (including phenoxy) is 1. The first-order valence-electron chi connectivity index (χ1n) is 8.53. The fourth-order valence-corrected chi connectivity index (χ4v) is 7.34. The second-order valence-corrected chi connectivity index (χ2v) is 10.3. The molecule has 1 N–H and O–H groups in total. The van der Waals surface area contributed by atoms with Crippen molar-refractivity contribution in [1.82, 2.24) is 0 Å². The second kappa shape index (κ2) is 8.30. The van der Waals surface area contributed by atoms with Gasteiger partial charge in [-0.3, -0.25) is 9.59 Å². The number of carbonyl (C=O) groups is 2. The largest absolute Gasteiger partial charge is 0.495 e. The monoisotopic (exact) mass is 446 g/mol. The third-order valence-corrected chi connectivity index (χ3v) is 7.91. The van der Waals surface area contributed by atoms with Crippen LogP contribution in [0.25, 0.3) is 0 Å². The number of carboxylic acids is 1. The molecule has 1 aromatic rings. The first-order chi connectivity index (χ1) is 13.2. The maximum atomic E-state index is 12.2. The van der Waals surface area contributed by atoms with Gasteiger partial charge in [-0.1, -0.05) is 23.4 Å². The SMILES string of the molecule is COc1ccc(Cl)cc1N1C(=NC(=O)CCCC(=O)O)S[C@@H]2CS(=O)(=O)C[C@H]21. The van der Waals surface area contributed by atoms with E-state index < -0.39 is 21.7 Å². The minimum atomic E-state index is -3.19. The number of sulfone groups is 1. The van der Waals surface area contributed by atoms with Gasteiger partial charge in [0.05, 0.1) is 30.3 Å². The molecule has 2 fully saturated rings. The summed E-state index contributed by atoms with van der Waals surface area (Å²) in [5, 5.41) is 9.27. The molecule has 0 unspecified atom stereocenters. The zero-order valence-corrected chi connectivity index (χ0v) is 17.4. The molecule has 2 heterocycles. The summed E-state index contributed by atoms with van der Waals surface area (Å²) >= 11 is 7.37. The van der Waals surface area contributed by atoms with Crippen LogP contribution >= 0.6 is 23.4 Å². The van der Waals surface area contributed by atoms with E-state index in [0.717, 1.165) is 0 Å². The van der Waals surface area contributed by atoms with Gasteiger partial charge < -0.3 is 14.7 Å². The number of benzene rings is 1. The lowest BCUT2D eigenvalue weighted by atomic mass is 10.2. The third kappa shape index (κ3) is 4.61. The molecule has 2 saturated heterocycles. The molecule has 1 amide bonds. The number of anilines is 1. The summed E-state index contributed by atoms with van der Waals surface area (Å²) < 4.78 is 29.6. The molecule has 2 aliphatic heterocycles.